The van der Waals surface area contributed by atoms with E-state index in [1.54, 1.807) is 31.2 Å². The van der Waals surface area contributed by atoms with E-state index in [2.05, 4.69) is 0 Å². The fraction of sp³-hybridized carbons (Fsp3) is 0.118. The average molecular weight is 307 g/mol. The topological polar surface area (TPSA) is 108 Å². The maximum atomic E-state index is 11.7. The minimum Gasteiger partial charge on any atom is -0.508 e. The van der Waals surface area contributed by atoms with Crippen LogP contribution >= 0.6 is 0 Å². The highest BCUT2D eigenvalue weighted by Crippen LogP contribution is 2.46. The molecule has 3 rings (SSSR count). The average Bonchev–Trinajstić information content (AvgIpc) is 2.74. The van der Waals surface area contributed by atoms with E-state index in [4.69, 9.17) is 5.41 Å². The summed E-state index contributed by atoms with van der Waals surface area (Å²) in [4.78, 5) is 13.2. The molecule has 0 spiro atoms. The number of hydrogen-bond donors (Lipinski definition) is 3. The van der Waals surface area contributed by atoms with E-state index in [1.165, 1.54) is 11.0 Å². The predicted molar refractivity (Wildman–Crippen MR) is 84.1 cm³/mol. The van der Waals surface area contributed by atoms with Gasteiger partial charge in [-0.2, -0.15) is 5.26 Å². The molecule has 1 aromatic carbocycles. The van der Waals surface area contributed by atoms with Crippen molar-refractivity contribution in [3.8, 4) is 6.07 Å². The molecule has 3 N–H and O–H groups in total. The molecule has 0 radical (unpaired) electrons. The number of nitrogens with zero attached hydrogens (tertiary/aromatic N) is 2. The second kappa shape index (κ2) is 4.85. The summed E-state index contributed by atoms with van der Waals surface area (Å²) in [6, 6.07) is 10.8. The van der Waals surface area contributed by atoms with Crippen LogP contribution in [0.3, 0.4) is 0 Å². The van der Waals surface area contributed by atoms with Gasteiger partial charge in [-0.3, -0.25) is 5.41 Å². The first-order valence-electron chi connectivity index (χ1n) is 6.86. The number of nitriles is 1. The lowest BCUT2D eigenvalue weighted by Gasteiger charge is -2.40. The van der Waals surface area contributed by atoms with Gasteiger partial charge >= 0.3 is 5.97 Å². The maximum Gasteiger partial charge on any atom is 0.334 e. The molecule has 6 nitrogen and oxygen atoms in total. The largest absolute Gasteiger partial charge is 0.508 e. The number of amidine groups is 1. The number of nitrogens with one attached hydrogen (secondary N) is 1. The van der Waals surface area contributed by atoms with Crippen LogP contribution in [0.1, 0.15) is 6.92 Å². The number of carbonyl (C=O) groups is 1. The maximum absolute atomic E-state index is 11.7. The molecule has 2 aliphatic rings. The van der Waals surface area contributed by atoms with Gasteiger partial charge in [-0.05, 0) is 31.2 Å². The Balaban J connectivity index is 2.32. The summed E-state index contributed by atoms with van der Waals surface area (Å²) >= 11 is 0. The third-order valence-electron chi connectivity index (χ3n) is 4.17. The Morgan fingerprint density at radius 1 is 1.30 bits per heavy atom. The van der Waals surface area contributed by atoms with Crippen molar-refractivity contribution in [1.29, 1.82) is 10.7 Å². The molecule has 0 amide bonds. The van der Waals surface area contributed by atoms with Crippen molar-refractivity contribution in [3.63, 3.8) is 0 Å². The van der Waals surface area contributed by atoms with Crippen molar-refractivity contribution in [3.05, 3.63) is 65.0 Å². The zero-order valence-corrected chi connectivity index (χ0v) is 12.2. The zero-order chi connectivity index (χ0) is 16.8. The number of carboxylic acid groups (broad SMARTS) is 1. The number of benzene rings is 1. The molecule has 1 heterocycles. The third kappa shape index (κ3) is 1.87. The number of aliphatic hydroxyl groups excluding tert-OH is 1. The number of hydrogen-bond acceptors (Lipinski definition) is 4. The number of rotatable bonds is 2. The molecule has 0 bridgehead atoms. The van der Waals surface area contributed by atoms with Gasteiger partial charge in [0.1, 0.15) is 28.8 Å². The molecule has 0 saturated heterocycles. The van der Waals surface area contributed by atoms with Crippen molar-refractivity contribution in [2.45, 2.75) is 12.5 Å². The van der Waals surface area contributed by atoms with Crippen molar-refractivity contribution in [2.75, 3.05) is 4.90 Å². The Hall–Kier alpha value is -3.33. The summed E-state index contributed by atoms with van der Waals surface area (Å²) in [6.07, 6.45) is 2.51. The van der Waals surface area contributed by atoms with Crippen LogP contribution in [0.5, 0.6) is 0 Å². The minimum atomic E-state index is -1.23. The third-order valence-corrected chi connectivity index (χ3v) is 4.17. The highest BCUT2D eigenvalue weighted by molar-refractivity contribution is 6.18. The molecule has 6 heteroatoms. The molecule has 0 saturated carbocycles. The first kappa shape index (κ1) is 14.6. The van der Waals surface area contributed by atoms with E-state index in [0.29, 0.717) is 11.3 Å². The SMILES string of the molecule is CC12C(C(=O)O)=CC(O)=CC1=C(C#N)C(=N)N2c1ccccc1. The van der Waals surface area contributed by atoms with Gasteiger partial charge < -0.3 is 15.1 Å². The molecule has 1 aromatic rings. The Kier molecular flexibility index (Phi) is 3.08. The molecular weight excluding hydrogens is 294 g/mol. The van der Waals surface area contributed by atoms with Gasteiger partial charge in [0.15, 0.2) is 0 Å². The number of anilines is 1. The summed E-state index contributed by atoms with van der Waals surface area (Å²) in [6.45, 7) is 1.64. The number of fused-ring (bicyclic) bond motifs is 1. The molecule has 114 valence electrons. The van der Waals surface area contributed by atoms with Crippen molar-refractivity contribution >= 4 is 17.5 Å². The molecule has 23 heavy (non-hydrogen) atoms. The monoisotopic (exact) mass is 307 g/mol. The van der Waals surface area contributed by atoms with Crippen LogP contribution in [0.2, 0.25) is 0 Å². The van der Waals surface area contributed by atoms with Gasteiger partial charge in [0.25, 0.3) is 0 Å². The van der Waals surface area contributed by atoms with E-state index < -0.39 is 11.5 Å². The number of carboxylic acids is 1. The molecule has 1 aliphatic carbocycles. The van der Waals surface area contributed by atoms with E-state index in [9.17, 15) is 20.3 Å². The van der Waals surface area contributed by atoms with Crippen LogP contribution in [0.25, 0.3) is 0 Å². The summed E-state index contributed by atoms with van der Waals surface area (Å²) in [5, 5.41) is 37.1. The van der Waals surface area contributed by atoms with Gasteiger partial charge in [-0.15, -0.1) is 0 Å². The zero-order valence-electron chi connectivity index (χ0n) is 12.2. The summed E-state index contributed by atoms with van der Waals surface area (Å²) in [5.74, 6) is -1.54. The van der Waals surface area contributed by atoms with Crippen molar-refractivity contribution in [2.24, 2.45) is 0 Å². The second-order valence-corrected chi connectivity index (χ2v) is 5.42. The first-order valence-corrected chi connectivity index (χ1v) is 6.86. The highest BCUT2D eigenvalue weighted by atomic mass is 16.4. The quantitative estimate of drug-likeness (QED) is 0.778. The number of allylic oxidation sites excluding steroid dienone is 1. The minimum absolute atomic E-state index is 0.0507. The molecule has 0 fully saturated rings. The smallest absolute Gasteiger partial charge is 0.334 e. The van der Waals surface area contributed by atoms with Crippen LogP contribution in [-0.4, -0.2) is 27.6 Å². The summed E-state index contributed by atoms with van der Waals surface area (Å²) in [7, 11) is 0. The van der Waals surface area contributed by atoms with Crippen LogP contribution in [0.4, 0.5) is 5.69 Å². The van der Waals surface area contributed by atoms with E-state index >= 15 is 0 Å². The lowest BCUT2D eigenvalue weighted by molar-refractivity contribution is -0.133. The molecular formula is C17H13N3O3. The van der Waals surface area contributed by atoms with Gasteiger partial charge in [0, 0.05) is 11.3 Å². The lowest BCUT2D eigenvalue weighted by atomic mass is 9.79. The Bertz CT molecular complexity index is 859. The number of para-hydroxylation sites is 1. The Labute approximate surface area is 132 Å². The number of aliphatic hydroxyl groups is 1. The fourth-order valence-corrected chi connectivity index (χ4v) is 3.13. The van der Waals surface area contributed by atoms with Gasteiger partial charge in [0.2, 0.25) is 0 Å². The fourth-order valence-electron chi connectivity index (χ4n) is 3.13. The van der Waals surface area contributed by atoms with Gasteiger partial charge in [-0.25, -0.2) is 4.79 Å². The van der Waals surface area contributed by atoms with Crippen molar-refractivity contribution in [1.82, 2.24) is 0 Å². The van der Waals surface area contributed by atoms with Crippen LogP contribution in [0, 0.1) is 16.7 Å². The first-order chi connectivity index (χ1) is 10.9. The summed E-state index contributed by atoms with van der Waals surface area (Å²) in [5.41, 5.74) is -0.362. The summed E-state index contributed by atoms with van der Waals surface area (Å²) < 4.78 is 0. The van der Waals surface area contributed by atoms with Crippen LogP contribution in [0.15, 0.2) is 65.0 Å². The standard InChI is InChI=1S/C17H13N3O3/c1-17-13(7-11(21)8-14(17)16(22)23)12(9-18)15(19)20(17)10-5-3-2-4-6-10/h2-8,19,21H,1H3,(H,22,23). The molecule has 1 aliphatic heterocycles. The van der Waals surface area contributed by atoms with Gasteiger partial charge in [-0.1, -0.05) is 18.2 Å². The molecule has 1 atom stereocenters. The van der Waals surface area contributed by atoms with E-state index in [1.807, 2.05) is 12.1 Å². The van der Waals surface area contributed by atoms with Crippen LogP contribution in [-0.2, 0) is 4.79 Å². The normalized spacial score (nSPS) is 23.1. The van der Waals surface area contributed by atoms with E-state index in [-0.39, 0.29) is 22.7 Å². The van der Waals surface area contributed by atoms with E-state index in [0.717, 1.165) is 6.08 Å². The highest BCUT2D eigenvalue weighted by Gasteiger charge is 2.52. The lowest BCUT2D eigenvalue weighted by Crippen LogP contribution is -2.50. The van der Waals surface area contributed by atoms with Crippen LogP contribution < -0.4 is 4.90 Å². The second-order valence-electron chi connectivity index (χ2n) is 5.42. The molecule has 1 unspecified atom stereocenters. The Morgan fingerprint density at radius 2 is 1.96 bits per heavy atom. The van der Waals surface area contributed by atoms with Gasteiger partial charge in [0.05, 0.1) is 5.57 Å². The van der Waals surface area contributed by atoms with Crippen molar-refractivity contribution < 1.29 is 15.0 Å². The number of aliphatic carboxylic acids is 1. The Morgan fingerprint density at radius 3 is 2.52 bits per heavy atom. The molecule has 0 aromatic heterocycles. The predicted octanol–water partition coefficient (Wildman–Crippen LogP) is 2.53.